The predicted molar refractivity (Wildman–Crippen MR) is 65.4 cm³/mol. The van der Waals surface area contributed by atoms with E-state index < -0.39 is 17.5 Å². The third-order valence-corrected chi connectivity index (χ3v) is 2.63. The molecular weight excluding hydrogens is 255 g/mol. The van der Waals surface area contributed by atoms with Gasteiger partial charge in [0.1, 0.15) is 0 Å². The lowest BCUT2D eigenvalue weighted by Gasteiger charge is -2.03. The lowest BCUT2D eigenvalue weighted by atomic mass is 10.3. The zero-order chi connectivity index (χ0) is 13.8. The molecule has 0 amide bonds. The molecule has 0 saturated heterocycles. The van der Waals surface area contributed by atoms with Crippen molar-refractivity contribution >= 4 is 0 Å². The van der Waals surface area contributed by atoms with Gasteiger partial charge in [-0.1, -0.05) is 6.92 Å². The molecule has 0 radical (unpaired) electrons. The van der Waals surface area contributed by atoms with Crippen LogP contribution in [0.25, 0.3) is 5.69 Å². The van der Waals surface area contributed by atoms with Crippen LogP contribution in [0, 0.1) is 17.5 Å². The highest BCUT2D eigenvalue weighted by molar-refractivity contribution is 5.33. The number of hydrogen-bond donors (Lipinski definition) is 1. The lowest BCUT2D eigenvalue weighted by molar-refractivity contribution is 0.446. The Morgan fingerprint density at radius 1 is 1.21 bits per heavy atom. The third kappa shape index (κ3) is 3.14. The van der Waals surface area contributed by atoms with E-state index in [9.17, 15) is 13.2 Å². The smallest absolute Gasteiger partial charge is 0.194 e. The minimum absolute atomic E-state index is 0.151. The molecule has 102 valence electrons. The van der Waals surface area contributed by atoms with E-state index in [0.717, 1.165) is 30.7 Å². The number of benzene rings is 1. The van der Waals surface area contributed by atoms with E-state index in [4.69, 9.17) is 0 Å². The van der Waals surface area contributed by atoms with Gasteiger partial charge in [-0.25, -0.2) is 17.9 Å². The zero-order valence-corrected chi connectivity index (χ0v) is 10.5. The second-order valence-corrected chi connectivity index (χ2v) is 4.19. The molecule has 0 spiro atoms. The quantitative estimate of drug-likeness (QED) is 0.668. The number of nitrogens with zero attached hydrogens (tertiary/aromatic N) is 2. The van der Waals surface area contributed by atoms with Crippen molar-refractivity contribution in [3.05, 3.63) is 47.5 Å². The van der Waals surface area contributed by atoms with E-state index in [0.29, 0.717) is 6.54 Å². The summed E-state index contributed by atoms with van der Waals surface area (Å²) in [6, 6.07) is 1.82. The van der Waals surface area contributed by atoms with Crippen LogP contribution in [0.3, 0.4) is 0 Å². The molecule has 1 N–H and O–H groups in total. The van der Waals surface area contributed by atoms with Gasteiger partial charge in [-0.2, -0.15) is 5.10 Å². The largest absolute Gasteiger partial charge is 0.313 e. The first kappa shape index (κ1) is 13.6. The van der Waals surface area contributed by atoms with E-state index in [-0.39, 0.29) is 5.69 Å². The number of hydrogen-bond acceptors (Lipinski definition) is 2. The van der Waals surface area contributed by atoms with Crippen LogP contribution in [0.15, 0.2) is 24.5 Å². The first-order chi connectivity index (χ1) is 9.11. The summed E-state index contributed by atoms with van der Waals surface area (Å²) in [7, 11) is 0. The van der Waals surface area contributed by atoms with Crippen LogP contribution in [0.4, 0.5) is 13.2 Å². The van der Waals surface area contributed by atoms with Gasteiger partial charge in [0.15, 0.2) is 17.5 Å². The van der Waals surface area contributed by atoms with Gasteiger partial charge in [0, 0.05) is 30.4 Å². The summed E-state index contributed by atoms with van der Waals surface area (Å²) in [6.45, 7) is 3.56. The van der Waals surface area contributed by atoms with E-state index in [1.165, 1.54) is 4.68 Å². The molecule has 1 heterocycles. The Morgan fingerprint density at radius 3 is 2.53 bits per heavy atom. The molecule has 0 aliphatic heterocycles. The number of rotatable bonds is 5. The van der Waals surface area contributed by atoms with Crippen molar-refractivity contribution in [3.63, 3.8) is 0 Å². The fourth-order valence-electron chi connectivity index (χ4n) is 1.68. The van der Waals surface area contributed by atoms with Crippen LogP contribution in [0.5, 0.6) is 0 Å². The summed E-state index contributed by atoms with van der Waals surface area (Å²) in [6.07, 6.45) is 4.26. The Morgan fingerprint density at radius 2 is 1.89 bits per heavy atom. The van der Waals surface area contributed by atoms with Gasteiger partial charge in [-0.15, -0.1) is 0 Å². The van der Waals surface area contributed by atoms with Gasteiger partial charge in [0.2, 0.25) is 0 Å². The van der Waals surface area contributed by atoms with Gasteiger partial charge in [0.25, 0.3) is 0 Å². The molecule has 0 aliphatic rings. The molecule has 0 unspecified atom stereocenters. The number of aromatic nitrogens is 2. The fraction of sp³-hybridized carbons (Fsp3) is 0.308. The molecule has 0 aliphatic carbocycles. The monoisotopic (exact) mass is 269 g/mol. The summed E-state index contributed by atoms with van der Waals surface area (Å²) in [4.78, 5) is 0. The SMILES string of the molecule is CCCNCc1cnn(-c2cc(F)c(F)c(F)c2)c1. The number of halogens is 3. The molecule has 0 bridgehead atoms. The van der Waals surface area contributed by atoms with Crippen molar-refractivity contribution in [2.24, 2.45) is 0 Å². The van der Waals surface area contributed by atoms with Gasteiger partial charge in [-0.05, 0) is 13.0 Å². The molecule has 0 saturated carbocycles. The van der Waals surface area contributed by atoms with Crippen LogP contribution < -0.4 is 5.32 Å². The molecule has 1 aromatic heterocycles. The molecule has 0 fully saturated rings. The van der Waals surface area contributed by atoms with Gasteiger partial charge < -0.3 is 5.32 Å². The highest BCUT2D eigenvalue weighted by Crippen LogP contribution is 2.16. The van der Waals surface area contributed by atoms with E-state index in [1.807, 2.05) is 0 Å². The average Bonchev–Trinajstić information content (AvgIpc) is 2.84. The van der Waals surface area contributed by atoms with Crippen molar-refractivity contribution in [1.29, 1.82) is 0 Å². The highest BCUT2D eigenvalue weighted by Gasteiger charge is 2.12. The van der Waals surface area contributed by atoms with Crippen LogP contribution in [0.1, 0.15) is 18.9 Å². The van der Waals surface area contributed by atoms with Crippen LogP contribution >= 0.6 is 0 Å². The predicted octanol–water partition coefficient (Wildman–Crippen LogP) is 2.79. The van der Waals surface area contributed by atoms with Gasteiger partial charge in [-0.3, -0.25) is 0 Å². The fourth-order valence-corrected chi connectivity index (χ4v) is 1.68. The summed E-state index contributed by atoms with van der Waals surface area (Å²) < 4.78 is 40.4. The Labute approximate surface area is 109 Å². The Balaban J connectivity index is 2.18. The third-order valence-electron chi connectivity index (χ3n) is 2.63. The van der Waals surface area contributed by atoms with Crippen LogP contribution in [0.2, 0.25) is 0 Å². The van der Waals surface area contributed by atoms with Crippen molar-refractivity contribution in [2.75, 3.05) is 6.54 Å². The maximum Gasteiger partial charge on any atom is 0.194 e. The molecule has 2 aromatic rings. The van der Waals surface area contributed by atoms with Crippen molar-refractivity contribution < 1.29 is 13.2 Å². The Kier molecular flexibility index (Phi) is 4.21. The average molecular weight is 269 g/mol. The van der Waals surface area contributed by atoms with Crippen LogP contribution in [-0.2, 0) is 6.54 Å². The topological polar surface area (TPSA) is 29.9 Å². The maximum absolute atomic E-state index is 13.1. The molecule has 6 heteroatoms. The minimum Gasteiger partial charge on any atom is -0.313 e. The molecule has 2 rings (SSSR count). The molecule has 1 aromatic carbocycles. The van der Waals surface area contributed by atoms with Gasteiger partial charge in [0.05, 0.1) is 11.9 Å². The first-order valence-corrected chi connectivity index (χ1v) is 6.01. The van der Waals surface area contributed by atoms with Crippen LogP contribution in [-0.4, -0.2) is 16.3 Å². The summed E-state index contributed by atoms with van der Waals surface area (Å²) in [5.41, 5.74) is 1.04. The van der Waals surface area contributed by atoms with E-state index in [2.05, 4.69) is 17.3 Å². The summed E-state index contributed by atoms with van der Waals surface area (Å²) in [5.74, 6) is -3.92. The number of nitrogens with one attached hydrogen (secondary N) is 1. The molecule has 19 heavy (non-hydrogen) atoms. The van der Waals surface area contributed by atoms with E-state index >= 15 is 0 Å². The van der Waals surface area contributed by atoms with Crippen molar-refractivity contribution in [3.8, 4) is 5.69 Å². The lowest BCUT2D eigenvalue weighted by Crippen LogP contribution is -2.13. The zero-order valence-electron chi connectivity index (χ0n) is 10.5. The summed E-state index contributed by atoms with van der Waals surface area (Å²) in [5, 5.41) is 7.18. The second kappa shape index (κ2) is 5.88. The standard InChI is InChI=1S/C13H14F3N3/c1-2-3-17-6-9-7-18-19(8-9)10-4-11(14)13(16)12(15)5-10/h4-5,7-8,17H,2-3,6H2,1H3. The maximum atomic E-state index is 13.1. The normalized spacial score (nSPS) is 10.9. The molecular formula is C13H14F3N3. The molecule has 0 atom stereocenters. The minimum atomic E-state index is -1.47. The molecule has 3 nitrogen and oxygen atoms in total. The first-order valence-electron chi connectivity index (χ1n) is 6.01. The highest BCUT2D eigenvalue weighted by atomic mass is 19.2. The second-order valence-electron chi connectivity index (χ2n) is 4.19. The Bertz CT molecular complexity index is 543. The van der Waals surface area contributed by atoms with E-state index in [1.54, 1.807) is 12.4 Å². The summed E-state index contributed by atoms with van der Waals surface area (Å²) >= 11 is 0. The van der Waals surface area contributed by atoms with Crippen molar-refractivity contribution in [1.82, 2.24) is 15.1 Å². The Hall–Kier alpha value is -1.82. The van der Waals surface area contributed by atoms with Crippen molar-refractivity contribution in [2.45, 2.75) is 19.9 Å². The van der Waals surface area contributed by atoms with Gasteiger partial charge >= 0.3 is 0 Å².